The number of amides is 1. The van der Waals surface area contributed by atoms with Crippen molar-refractivity contribution >= 4 is 5.91 Å². The maximum atomic E-state index is 13.3. The van der Waals surface area contributed by atoms with Gasteiger partial charge in [0, 0.05) is 43.5 Å². The van der Waals surface area contributed by atoms with Gasteiger partial charge in [-0.05, 0) is 45.0 Å². The summed E-state index contributed by atoms with van der Waals surface area (Å²) >= 11 is 0. The van der Waals surface area contributed by atoms with Gasteiger partial charge in [-0.15, -0.1) is 0 Å². The fourth-order valence-corrected chi connectivity index (χ4v) is 4.77. The van der Waals surface area contributed by atoms with Gasteiger partial charge in [-0.3, -0.25) is 4.79 Å². The van der Waals surface area contributed by atoms with Gasteiger partial charge in [0.15, 0.2) is 11.5 Å². The molecular weight excluding hydrogens is 434 g/mol. The number of methoxy groups -OCH3 is 1. The summed E-state index contributed by atoms with van der Waals surface area (Å²) in [5, 5.41) is 9.50. The van der Waals surface area contributed by atoms with Crippen LogP contribution in [-0.2, 0) is 4.74 Å². The highest BCUT2D eigenvalue weighted by molar-refractivity contribution is 5.95. The molecule has 0 saturated carbocycles. The van der Waals surface area contributed by atoms with Gasteiger partial charge in [-0.25, -0.2) is 0 Å². The average Bonchev–Trinajstić information content (AvgIpc) is 2.84. The lowest BCUT2D eigenvalue weighted by Crippen LogP contribution is -2.52. The Bertz CT molecular complexity index is 998. The Hall–Kier alpha value is -2.77. The maximum absolute atomic E-state index is 13.3. The molecule has 2 heterocycles. The monoisotopic (exact) mass is 469 g/mol. The molecule has 0 unspecified atom stereocenters. The van der Waals surface area contributed by atoms with Crippen LogP contribution in [0, 0.1) is 0 Å². The van der Waals surface area contributed by atoms with Gasteiger partial charge >= 0.3 is 0 Å². The van der Waals surface area contributed by atoms with E-state index in [1.807, 2.05) is 49.9 Å². The second-order valence-electron chi connectivity index (χ2n) is 9.47. The number of carbonyl (C=O) groups excluding carboxylic acids is 1. The van der Waals surface area contributed by atoms with Crippen LogP contribution in [0.5, 0.6) is 17.2 Å². The van der Waals surface area contributed by atoms with Crippen LogP contribution in [0.15, 0.2) is 42.5 Å². The van der Waals surface area contributed by atoms with Crippen molar-refractivity contribution in [1.82, 2.24) is 4.90 Å². The molecule has 0 aliphatic carbocycles. The Morgan fingerprint density at radius 3 is 2.56 bits per heavy atom. The highest BCUT2D eigenvalue weighted by atomic mass is 16.5. The van der Waals surface area contributed by atoms with Gasteiger partial charge in [0.1, 0.15) is 11.4 Å². The molecule has 0 bridgehead atoms. The lowest BCUT2D eigenvalue weighted by molar-refractivity contribution is -0.0997. The van der Waals surface area contributed by atoms with Crippen LogP contribution in [0.4, 0.5) is 0 Å². The fraction of sp³-hybridized carbons (Fsp3) is 0.519. The van der Waals surface area contributed by atoms with E-state index in [0.717, 1.165) is 11.3 Å². The lowest BCUT2D eigenvalue weighted by Gasteiger charge is -2.47. The van der Waals surface area contributed by atoms with E-state index >= 15 is 0 Å². The molecule has 2 atom stereocenters. The topological polar surface area (TPSA) is 77.5 Å². The van der Waals surface area contributed by atoms with Gasteiger partial charge in [-0.2, -0.15) is 0 Å². The molecule has 0 radical (unpaired) electrons. The average molecular weight is 470 g/mol. The van der Waals surface area contributed by atoms with Crippen molar-refractivity contribution in [2.24, 2.45) is 0 Å². The quantitative estimate of drug-likeness (QED) is 0.649. The molecule has 1 amide bonds. The number of fused-ring (bicyclic) bond motifs is 1. The van der Waals surface area contributed by atoms with Crippen molar-refractivity contribution in [3.63, 3.8) is 0 Å². The summed E-state index contributed by atoms with van der Waals surface area (Å²) in [6.45, 7) is 6.93. The van der Waals surface area contributed by atoms with E-state index in [1.54, 1.807) is 25.3 Å². The second-order valence-corrected chi connectivity index (χ2v) is 9.47. The third-order valence-electron chi connectivity index (χ3n) is 6.54. The summed E-state index contributed by atoms with van der Waals surface area (Å²) in [6, 6.07) is 13.3. The van der Waals surface area contributed by atoms with E-state index in [2.05, 4.69) is 0 Å². The minimum atomic E-state index is -0.391. The molecule has 184 valence electrons. The molecule has 34 heavy (non-hydrogen) atoms. The molecule has 2 aromatic rings. The van der Waals surface area contributed by atoms with Crippen LogP contribution in [0.3, 0.4) is 0 Å². The van der Waals surface area contributed by atoms with E-state index in [9.17, 15) is 9.90 Å². The maximum Gasteiger partial charge on any atom is 0.253 e. The zero-order valence-corrected chi connectivity index (χ0v) is 20.5. The van der Waals surface area contributed by atoms with Gasteiger partial charge < -0.3 is 29.0 Å². The first-order chi connectivity index (χ1) is 16.3. The number of hydrogen-bond acceptors (Lipinski definition) is 6. The summed E-state index contributed by atoms with van der Waals surface area (Å²) in [6.07, 6.45) is 1.74. The fourth-order valence-electron chi connectivity index (χ4n) is 4.77. The first kappa shape index (κ1) is 24.4. The van der Waals surface area contributed by atoms with Crippen LogP contribution in [0.1, 0.15) is 62.1 Å². The molecule has 0 aromatic heterocycles. The minimum Gasteiger partial charge on any atom is -0.493 e. The number of ether oxygens (including phenoxy) is 4. The number of likely N-dealkylation sites (tertiary alicyclic amines) is 1. The summed E-state index contributed by atoms with van der Waals surface area (Å²) in [5.41, 5.74) is 1.21. The number of para-hydroxylation sites is 1. The number of piperidine rings is 1. The molecule has 1 spiro atoms. The van der Waals surface area contributed by atoms with E-state index < -0.39 is 5.60 Å². The highest BCUT2D eigenvalue weighted by Gasteiger charge is 2.44. The molecule has 2 aliphatic heterocycles. The lowest BCUT2D eigenvalue weighted by atomic mass is 9.81. The van der Waals surface area contributed by atoms with Crippen LogP contribution < -0.4 is 14.2 Å². The molecule has 1 N–H and O–H groups in total. The summed E-state index contributed by atoms with van der Waals surface area (Å²) in [5.74, 6) is 1.98. The van der Waals surface area contributed by atoms with E-state index in [4.69, 9.17) is 18.9 Å². The van der Waals surface area contributed by atoms with Gasteiger partial charge in [-0.1, -0.05) is 18.2 Å². The Labute approximate surface area is 201 Å². The van der Waals surface area contributed by atoms with E-state index in [0.29, 0.717) is 49.4 Å². The smallest absolute Gasteiger partial charge is 0.253 e. The Kier molecular flexibility index (Phi) is 7.33. The van der Waals surface area contributed by atoms with Crippen LogP contribution in [0.2, 0.25) is 0 Å². The molecule has 1 fully saturated rings. The summed E-state index contributed by atoms with van der Waals surface area (Å²) < 4.78 is 23.9. The predicted octanol–water partition coefficient (Wildman–Crippen LogP) is 4.38. The second kappa shape index (κ2) is 10.2. The van der Waals surface area contributed by atoms with Crippen molar-refractivity contribution in [2.45, 2.75) is 63.9 Å². The molecule has 1 saturated heterocycles. The van der Waals surface area contributed by atoms with Crippen molar-refractivity contribution in [2.75, 3.05) is 26.8 Å². The Morgan fingerprint density at radius 1 is 1.15 bits per heavy atom. The number of aliphatic hydroxyl groups is 1. The highest BCUT2D eigenvalue weighted by Crippen LogP contribution is 2.46. The molecule has 2 aliphatic rings. The molecule has 7 nitrogen and oxygen atoms in total. The minimum absolute atomic E-state index is 0.0162. The number of rotatable bonds is 7. The largest absolute Gasteiger partial charge is 0.493 e. The molecule has 7 heteroatoms. The van der Waals surface area contributed by atoms with E-state index in [-0.39, 0.29) is 30.8 Å². The molecule has 4 rings (SSSR count). The van der Waals surface area contributed by atoms with Crippen LogP contribution >= 0.6 is 0 Å². The standard InChI is InChI=1S/C27H35NO6/c1-18(2)32-23-10-9-20(15-24(23)31-4)26(30)28-13-11-27(12-14-28)16-25(33-19(3)17-29)21-7-5-6-8-22(21)34-27/h5-10,15,18-19,25,29H,11-14,16-17H2,1-4H3/t19-,25+/m0/s1. The SMILES string of the molecule is COc1cc(C(=O)N2CCC3(CC2)C[C@@H](O[C@@H](C)CO)c2ccccc2O3)ccc1OC(C)C. The normalized spacial score (nSPS) is 19.9. The van der Waals surface area contributed by atoms with Gasteiger partial charge in [0.05, 0.1) is 32.0 Å². The van der Waals surface area contributed by atoms with Gasteiger partial charge in [0.2, 0.25) is 0 Å². The number of carbonyl (C=O) groups is 1. The van der Waals surface area contributed by atoms with Crippen LogP contribution in [0.25, 0.3) is 0 Å². The third-order valence-corrected chi connectivity index (χ3v) is 6.54. The molecule has 2 aromatic carbocycles. The molecular formula is C27H35NO6. The van der Waals surface area contributed by atoms with E-state index in [1.165, 1.54) is 0 Å². The van der Waals surface area contributed by atoms with Crippen LogP contribution in [-0.4, -0.2) is 60.5 Å². The Morgan fingerprint density at radius 2 is 1.88 bits per heavy atom. The Balaban J connectivity index is 1.47. The number of aliphatic hydroxyl groups excluding tert-OH is 1. The number of hydrogen-bond donors (Lipinski definition) is 1. The zero-order valence-electron chi connectivity index (χ0n) is 20.5. The van der Waals surface area contributed by atoms with Crippen molar-refractivity contribution < 1.29 is 28.8 Å². The summed E-state index contributed by atoms with van der Waals surface area (Å²) in [7, 11) is 1.58. The van der Waals surface area contributed by atoms with Crippen molar-refractivity contribution in [3.8, 4) is 17.2 Å². The first-order valence-corrected chi connectivity index (χ1v) is 12.0. The van der Waals surface area contributed by atoms with Gasteiger partial charge in [0.25, 0.3) is 5.91 Å². The van der Waals surface area contributed by atoms with Crippen molar-refractivity contribution in [3.05, 3.63) is 53.6 Å². The summed E-state index contributed by atoms with van der Waals surface area (Å²) in [4.78, 5) is 15.1. The number of nitrogens with zero attached hydrogens (tertiary/aromatic N) is 1. The first-order valence-electron chi connectivity index (χ1n) is 12.0. The predicted molar refractivity (Wildman–Crippen MR) is 129 cm³/mol. The zero-order chi connectivity index (χ0) is 24.3. The number of benzene rings is 2. The van der Waals surface area contributed by atoms with Crippen molar-refractivity contribution in [1.29, 1.82) is 0 Å². The third kappa shape index (κ3) is 5.15.